The van der Waals surface area contributed by atoms with Crippen molar-refractivity contribution in [2.75, 3.05) is 0 Å². The fourth-order valence-corrected chi connectivity index (χ4v) is 5.03. The number of amides is 1. The summed E-state index contributed by atoms with van der Waals surface area (Å²) in [6.45, 7) is 15.3. The molecule has 2 nitrogen and oxygen atoms in total. The highest BCUT2D eigenvalue weighted by Crippen LogP contribution is 2.45. The number of hydrogen-bond donors (Lipinski definition) is 0. The van der Waals surface area contributed by atoms with Crippen molar-refractivity contribution in [3.8, 4) is 0 Å². The minimum absolute atomic E-state index is 0.131. The summed E-state index contributed by atoms with van der Waals surface area (Å²) in [6.07, 6.45) is 0. The Balaban J connectivity index is 2.96. The summed E-state index contributed by atoms with van der Waals surface area (Å²) in [6, 6.07) is 0.446. The van der Waals surface area contributed by atoms with Gasteiger partial charge in [0.25, 0.3) is 0 Å². The molecule has 1 unspecified atom stereocenters. The second-order valence-electron chi connectivity index (χ2n) is 6.26. The fraction of sp³-hybridized carbons (Fsp3) is 0.909. The van der Waals surface area contributed by atoms with Crippen LogP contribution in [0.1, 0.15) is 27.7 Å². The normalized spacial score (nSPS) is 26.7. The van der Waals surface area contributed by atoms with E-state index in [1.165, 1.54) is 0 Å². The van der Waals surface area contributed by atoms with Crippen LogP contribution >= 0.6 is 0 Å². The predicted molar refractivity (Wildman–Crippen MR) is 62.6 cm³/mol. The number of nitrogens with zero attached hydrogens (tertiary/aromatic N) is 1. The lowest BCUT2D eigenvalue weighted by Crippen LogP contribution is -2.74. The van der Waals surface area contributed by atoms with E-state index in [2.05, 4.69) is 51.9 Å². The molecule has 0 bridgehead atoms. The van der Waals surface area contributed by atoms with E-state index in [9.17, 15) is 4.79 Å². The number of carbonyl (C=O) groups excluding carboxylic acids is 1. The van der Waals surface area contributed by atoms with Gasteiger partial charge in [-0.2, -0.15) is 0 Å². The molecule has 1 heterocycles. The van der Waals surface area contributed by atoms with Crippen molar-refractivity contribution in [1.82, 2.24) is 4.57 Å². The maximum Gasteiger partial charge on any atom is 0.222 e. The van der Waals surface area contributed by atoms with Crippen LogP contribution in [0, 0.1) is 11.3 Å². The summed E-state index contributed by atoms with van der Waals surface area (Å²) in [4.78, 5) is 12.0. The van der Waals surface area contributed by atoms with Crippen LogP contribution in [0.2, 0.25) is 19.6 Å². The Morgan fingerprint density at radius 3 is 1.93 bits per heavy atom. The third-order valence-electron chi connectivity index (χ3n) is 3.14. The van der Waals surface area contributed by atoms with Gasteiger partial charge in [0.1, 0.15) is 0 Å². The lowest BCUT2D eigenvalue weighted by atomic mass is 9.71. The van der Waals surface area contributed by atoms with Gasteiger partial charge in [0, 0.05) is 6.04 Å². The molecule has 0 aromatic heterocycles. The Kier molecular flexibility index (Phi) is 2.59. The van der Waals surface area contributed by atoms with Gasteiger partial charge < -0.3 is 4.57 Å². The zero-order valence-corrected chi connectivity index (χ0v) is 11.5. The maximum absolute atomic E-state index is 12.0. The average molecular weight is 213 g/mol. The second kappa shape index (κ2) is 3.09. The highest BCUT2D eigenvalue weighted by Gasteiger charge is 2.58. The summed E-state index contributed by atoms with van der Waals surface area (Å²) >= 11 is 0. The second-order valence-corrected chi connectivity index (χ2v) is 11.1. The van der Waals surface area contributed by atoms with E-state index in [-0.39, 0.29) is 5.41 Å². The summed E-state index contributed by atoms with van der Waals surface area (Å²) < 4.78 is 2.18. The lowest BCUT2D eigenvalue weighted by molar-refractivity contribution is -0.161. The van der Waals surface area contributed by atoms with Crippen LogP contribution in [0.25, 0.3) is 0 Å². The van der Waals surface area contributed by atoms with Gasteiger partial charge in [0.05, 0.1) is 5.41 Å². The van der Waals surface area contributed by atoms with Gasteiger partial charge in [-0.3, -0.25) is 4.79 Å². The molecular formula is C11H23NOSi. The van der Waals surface area contributed by atoms with E-state index in [1.807, 2.05) is 0 Å². The molecule has 0 aromatic rings. The molecule has 0 radical (unpaired) electrons. The van der Waals surface area contributed by atoms with E-state index in [0.29, 0.717) is 17.9 Å². The highest BCUT2D eigenvalue weighted by molar-refractivity contribution is 6.76. The molecular weight excluding hydrogens is 190 g/mol. The predicted octanol–water partition coefficient (Wildman–Crippen LogP) is 2.71. The van der Waals surface area contributed by atoms with Crippen molar-refractivity contribution < 1.29 is 4.79 Å². The van der Waals surface area contributed by atoms with E-state index in [4.69, 9.17) is 0 Å². The first-order valence-corrected chi connectivity index (χ1v) is 8.88. The van der Waals surface area contributed by atoms with Crippen LogP contribution in [0.15, 0.2) is 0 Å². The average Bonchev–Trinajstić information content (AvgIpc) is 1.95. The van der Waals surface area contributed by atoms with Gasteiger partial charge in [-0.15, -0.1) is 0 Å². The SMILES string of the molecule is CC(C)C1N([Si](C)(C)C)C(=O)C1(C)C. The van der Waals surface area contributed by atoms with Gasteiger partial charge in [0.15, 0.2) is 8.24 Å². The third kappa shape index (κ3) is 1.51. The number of rotatable bonds is 2. The van der Waals surface area contributed by atoms with Crippen LogP contribution in [0.3, 0.4) is 0 Å². The summed E-state index contributed by atoms with van der Waals surface area (Å²) in [5.74, 6) is 0.921. The van der Waals surface area contributed by atoms with Gasteiger partial charge in [-0.1, -0.05) is 33.5 Å². The van der Waals surface area contributed by atoms with Gasteiger partial charge in [-0.05, 0) is 19.8 Å². The van der Waals surface area contributed by atoms with Crippen molar-refractivity contribution in [2.45, 2.75) is 53.4 Å². The topological polar surface area (TPSA) is 20.3 Å². The Hall–Kier alpha value is -0.313. The van der Waals surface area contributed by atoms with Gasteiger partial charge >= 0.3 is 0 Å². The molecule has 1 atom stereocenters. The molecule has 82 valence electrons. The monoisotopic (exact) mass is 213 g/mol. The van der Waals surface area contributed by atoms with Crippen molar-refractivity contribution in [1.29, 1.82) is 0 Å². The molecule has 1 saturated heterocycles. The molecule has 0 saturated carbocycles. The van der Waals surface area contributed by atoms with Crippen LogP contribution in [0.5, 0.6) is 0 Å². The first-order chi connectivity index (χ1) is 6.10. The van der Waals surface area contributed by atoms with Gasteiger partial charge in [0.2, 0.25) is 5.91 Å². The Morgan fingerprint density at radius 2 is 1.71 bits per heavy atom. The minimum atomic E-state index is -1.47. The number of carbonyl (C=O) groups is 1. The quantitative estimate of drug-likeness (QED) is 0.510. The summed E-state index contributed by atoms with van der Waals surface area (Å²) in [5, 5.41) is 0. The van der Waals surface area contributed by atoms with Gasteiger partial charge in [-0.25, -0.2) is 0 Å². The Morgan fingerprint density at radius 1 is 1.29 bits per heavy atom. The molecule has 0 aliphatic carbocycles. The summed E-state index contributed by atoms with van der Waals surface area (Å²) in [7, 11) is -1.47. The van der Waals surface area contributed by atoms with Crippen molar-refractivity contribution >= 4 is 14.1 Å². The Labute approximate surface area is 88.8 Å². The zero-order chi connectivity index (χ0) is 11.3. The molecule has 1 aliphatic rings. The van der Waals surface area contributed by atoms with Crippen LogP contribution in [-0.2, 0) is 4.79 Å². The van der Waals surface area contributed by atoms with E-state index < -0.39 is 8.24 Å². The van der Waals surface area contributed by atoms with Crippen molar-refractivity contribution in [3.63, 3.8) is 0 Å². The molecule has 14 heavy (non-hydrogen) atoms. The van der Waals surface area contributed by atoms with Crippen LogP contribution in [0.4, 0.5) is 0 Å². The molecule has 3 heteroatoms. The van der Waals surface area contributed by atoms with Crippen LogP contribution in [-0.4, -0.2) is 24.7 Å². The first kappa shape index (κ1) is 11.8. The standard InChI is InChI=1S/C11H23NOSi/c1-8(2)9-11(3,4)10(13)12(9)14(5,6)7/h8-9H,1-7H3. The van der Waals surface area contributed by atoms with E-state index in [1.54, 1.807) is 0 Å². The molecule has 1 amide bonds. The summed E-state index contributed by atoms with van der Waals surface area (Å²) in [5.41, 5.74) is -0.131. The maximum atomic E-state index is 12.0. The van der Waals surface area contributed by atoms with Crippen molar-refractivity contribution in [2.24, 2.45) is 11.3 Å². The zero-order valence-electron chi connectivity index (χ0n) is 10.5. The third-order valence-corrected chi connectivity index (χ3v) is 5.07. The van der Waals surface area contributed by atoms with Crippen molar-refractivity contribution in [3.05, 3.63) is 0 Å². The smallest absolute Gasteiger partial charge is 0.222 e. The molecule has 1 aliphatic heterocycles. The van der Waals surface area contributed by atoms with E-state index >= 15 is 0 Å². The molecule has 1 rings (SSSR count). The van der Waals surface area contributed by atoms with Crippen LogP contribution < -0.4 is 0 Å². The molecule has 0 N–H and O–H groups in total. The molecule has 1 fully saturated rings. The number of hydrogen-bond acceptors (Lipinski definition) is 1. The highest BCUT2D eigenvalue weighted by atomic mass is 28.3. The Bertz CT molecular complexity index is 253. The minimum Gasteiger partial charge on any atom is -0.365 e. The number of β-lactam (4-membered cyclic amide) rings is 1. The lowest BCUT2D eigenvalue weighted by Gasteiger charge is -2.60. The molecule has 0 spiro atoms. The largest absolute Gasteiger partial charge is 0.365 e. The fourth-order valence-electron chi connectivity index (χ4n) is 2.67. The van der Waals surface area contributed by atoms with E-state index in [0.717, 1.165) is 0 Å². The first-order valence-electron chi connectivity index (χ1n) is 5.44. The molecule has 0 aromatic carbocycles.